The van der Waals surface area contributed by atoms with E-state index in [-0.39, 0.29) is 18.6 Å². The lowest BCUT2D eigenvalue weighted by Gasteiger charge is -2.38. The van der Waals surface area contributed by atoms with Gasteiger partial charge in [0.2, 0.25) is 0 Å². The number of aromatic nitrogens is 1. The van der Waals surface area contributed by atoms with Crippen LogP contribution in [0.3, 0.4) is 0 Å². The zero-order valence-electron chi connectivity index (χ0n) is 21.4. The molecule has 1 aromatic heterocycles. The van der Waals surface area contributed by atoms with E-state index < -0.39 is 11.9 Å². The maximum atomic E-state index is 13.3. The molecule has 1 heterocycles. The van der Waals surface area contributed by atoms with Crippen LogP contribution in [0.15, 0.2) is 22.7 Å². The van der Waals surface area contributed by atoms with Crippen molar-refractivity contribution in [2.45, 2.75) is 97.3 Å². The minimum absolute atomic E-state index is 0.0113. The van der Waals surface area contributed by atoms with Crippen molar-refractivity contribution in [2.24, 2.45) is 17.3 Å². The van der Waals surface area contributed by atoms with Gasteiger partial charge in [0.15, 0.2) is 0 Å². The number of carbonyl (C=O) groups is 2. The Morgan fingerprint density at radius 2 is 1.91 bits per heavy atom. The fourth-order valence-corrected chi connectivity index (χ4v) is 5.92. The molecule has 5 nitrogen and oxygen atoms in total. The van der Waals surface area contributed by atoms with Crippen LogP contribution in [0.1, 0.15) is 106 Å². The van der Waals surface area contributed by atoms with Gasteiger partial charge in [-0.25, -0.2) is 0 Å². The third-order valence-electron chi connectivity index (χ3n) is 7.50. The first-order valence-corrected chi connectivity index (χ1v) is 13.4. The van der Waals surface area contributed by atoms with Crippen LogP contribution >= 0.6 is 11.6 Å². The fraction of sp³-hybridized carbons (Fsp3) is 0.621. The number of carboxylic acid groups (broad SMARTS) is 1. The van der Waals surface area contributed by atoms with Gasteiger partial charge in [0.1, 0.15) is 11.5 Å². The average Bonchev–Trinajstić information content (AvgIpc) is 3.49. The zero-order chi connectivity index (χ0) is 25.3. The Hall–Kier alpha value is -2.14. The molecule has 0 unspecified atom stereocenters. The Morgan fingerprint density at radius 3 is 2.51 bits per heavy atom. The van der Waals surface area contributed by atoms with Crippen molar-refractivity contribution in [3.8, 4) is 0 Å². The monoisotopic (exact) mass is 499 g/mol. The second kappa shape index (κ2) is 10.5. The van der Waals surface area contributed by atoms with E-state index in [1.54, 1.807) is 0 Å². The highest BCUT2D eigenvalue weighted by atomic mass is 35.5. The van der Waals surface area contributed by atoms with Gasteiger partial charge >= 0.3 is 5.97 Å². The number of aliphatic carboxylic acids is 1. The highest BCUT2D eigenvalue weighted by molar-refractivity contribution is 6.31. The van der Waals surface area contributed by atoms with Crippen molar-refractivity contribution in [1.29, 1.82) is 0 Å². The molecule has 190 valence electrons. The van der Waals surface area contributed by atoms with E-state index in [2.05, 4.69) is 25.9 Å². The Morgan fingerprint density at radius 1 is 1.20 bits per heavy atom. The number of nitrogens with zero attached hydrogens (tertiary/aromatic N) is 1. The van der Waals surface area contributed by atoms with Gasteiger partial charge in [0, 0.05) is 41.7 Å². The summed E-state index contributed by atoms with van der Waals surface area (Å²) in [6, 6.07) is 5.69. The van der Waals surface area contributed by atoms with E-state index in [4.69, 9.17) is 16.1 Å². The van der Waals surface area contributed by atoms with Gasteiger partial charge in [0.25, 0.3) is 0 Å². The summed E-state index contributed by atoms with van der Waals surface area (Å²) in [6.45, 7) is 8.84. The van der Waals surface area contributed by atoms with Gasteiger partial charge in [-0.05, 0) is 79.9 Å². The summed E-state index contributed by atoms with van der Waals surface area (Å²) >= 11 is 6.38. The number of hydrogen-bond acceptors (Lipinski definition) is 4. The number of rotatable bonds is 11. The first kappa shape index (κ1) is 25.9. The molecule has 0 spiro atoms. The molecule has 1 atom stereocenters. The molecular formula is C29H38ClNO4. The second-order valence-corrected chi connectivity index (χ2v) is 12.5. The smallest absolute Gasteiger partial charge is 0.303 e. The van der Waals surface area contributed by atoms with E-state index in [1.807, 2.05) is 25.1 Å². The van der Waals surface area contributed by atoms with Crippen LogP contribution in [0.4, 0.5) is 0 Å². The first-order chi connectivity index (χ1) is 16.5. The molecular weight excluding hydrogens is 462 g/mol. The van der Waals surface area contributed by atoms with Gasteiger partial charge in [-0.15, -0.1) is 0 Å². The molecule has 2 aliphatic carbocycles. The number of carbonyl (C=O) groups excluding carboxylic acids is 1. The summed E-state index contributed by atoms with van der Waals surface area (Å²) in [5.41, 5.74) is 4.23. The molecule has 0 amide bonds. The Labute approximate surface area is 213 Å². The van der Waals surface area contributed by atoms with Gasteiger partial charge in [-0.2, -0.15) is 0 Å². The summed E-state index contributed by atoms with van der Waals surface area (Å²) in [6.07, 6.45) is 6.64. The zero-order valence-corrected chi connectivity index (χ0v) is 22.2. The third-order valence-corrected chi connectivity index (χ3v) is 7.85. The predicted molar refractivity (Wildman–Crippen MR) is 137 cm³/mol. The number of hydrogen-bond donors (Lipinski definition) is 1. The predicted octanol–water partition coefficient (Wildman–Crippen LogP) is 7.28. The van der Waals surface area contributed by atoms with Crippen LogP contribution in [-0.2, 0) is 22.4 Å². The molecule has 0 saturated heterocycles. The van der Waals surface area contributed by atoms with E-state index in [1.165, 1.54) is 12.0 Å². The fourth-order valence-electron chi connectivity index (χ4n) is 5.61. The number of Topliss-reactive ketones (excluding diaryl/α,β-unsaturated/α-hetero) is 1. The van der Waals surface area contributed by atoms with Crippen LogP contribution in [0.2, 0.25) is 5.02 Å². The quantitative estimate of drug-likeness (QED) is 0.351. The molecule has 1 aromatic carbocycles. The van der Waals surface area contributed by atoms with Crippen molar-refractivity contribution >= 4 is 23.4 Å². The molecule has 2 fully saturated rings. The summed E-state index contributed by atoms with van der Waals surface area (Å²) in [4.78, 5) is 24.7. The molecule has 2 aromatic rings. The standard InChI is InChI=1S/C29H38ClNO4/c1-17-5-6-20(23(30)11-17)15-25(32)21(9-10-26(33)34)14-24-27(19-7-8-19)28(35-31-24)22-12-18(13-22)16-29(2,3)4/h5-6,11,18-19,21-22H,7-10,12-16H2,1-4H3,(H,33,34)/t18?,21-,22?/m1/s1. The number of benzene rings is 1. The minimum atomic E-state index is -0.890. The topological polar surface area (TPSA) is 80.4 Å². The van der Waals surface area contributed by atoms with Crippen molar-refractivity contribution in [2.75, 3.05) is 0 Å². The lowest BCUT2D eigenvalue weighted by Crippen LogP contribution is -2.26. The van der Waals surface area contributed by atoms with Gasteiger partial charge < -0.3 is 9.63 Å². The number of carboxylic acids is 1. The first-order valence-electron chi connectivity index (χ1n) is 13.0. The summed E-state index contributed by atoms with van der Waals surface area (Å²) in [7, 11) is 0. The lowest BCUT2D eigenvalue weighted by atomic mass is 9.67. The van der Waals surface area contributed by atoms with Crippen LogP contribution in [0.25, 0.3) is 0 Å². The number of aryl methyl sites for hydroxylation is 1. The van der Waals surface area contributed by atoms with Gasteiger partial charge in [-0.3, -0.25) is 9.59 Å². The van der Waals surface area contributed by atoms with Crippen LogP contribution in [-0.4, -0.2) is 22.0 Å². The maximum Gasteiger partial charge on any atom is 0.303 e. The summed E-state index contributed by atoms with van der Waals surface area (Å²) < 4.78 is 5.94. The molecule has 6 heteroatoms. The molecule has 2 saturated carbocycles. The maximum absolute atomic E-state index is 13.3. The van der Waals surface area contributed by atoms with Crippen molar-refractivity contribution in [3.63, 3.8) is 0 Å². The molecule has 0 bridgehead atoms. The Balaban J connectivity index is 1.50. The molecule has 2 aliphatic rings. The number of halogens is 1. The van der Waals surface area contributed by atoms with E-state index in [9.17, 15) is 14.7 Å². The minimum Gasteiger partial charge on any atom is -0.481 e. The Kier molecular flexibility index (Phi) is 7.75. The molecule has 0 aliphatic heterocycles. The third kappa shape index (κ3) is 6.75. The van der Waals surface area contributed by atoms with Crippen LogP contribution < -0.4 is 0 Å². The summed E-state index contributed by atoms with van der Waals surface area (Å²) in [5, 5.41) is 14.3. The van der Waals surface area contributed by atoms with E-state index >= 15 is 0 Å². The molecule has 35 heavy (non-hydrogen) atoms. The summed E-state index contributed by atoms with van der Waals surface area (Å²) in [5.74, 6) is 1.33. The van der Waals surface area contributed by atoms with Gasteiger partial charge in [0.05, 0.1) is 5.69 Å². The molecule has 0 radical (unpaired) electrons. The highest BCUT2D eigenvalue weighted by Crippen LogP contribution is 2.52. The largest absolute Gasteiger partial charge is 0.481 e. The van der Waals surface area contributed by atoms with Crippen molar-refractivity contribution in [3.05, 3.63) is 51.4 Å². The van der Waals surface area contributed by atoms with E-state index in [0.29, 0.717) is 35.1 Å². The van der Waals surface area contributed by atoms with E-state index in [0.717, 1.165) is 54.2 Å². The molecule has 4 rings (SSSR count). The van der Waals surface area contributed by atoms with Crippen LogP contribution in [0, 0.1) is 24.2 Å². The van der Waals surface area contributed by atoms with Crippen LogP contribution in [0.5, 0.6) is 0 Å². The Bertz CT molecular complexity index is 1070. The molecule has 1 N–H and O–H groups in total. The number of ketones is 1. The van der Waals surface area contributed by atoms with Gasteiger partial charge in [-0.1, -0.05) is 49.7 Å². The normalized spacial score (nSPS) is 20.9. The van der Waals surface area contributed by atoms with Crippen molar-refractivity contribution in [1.82, 2.24) is 5.16 Å². The second-order valence-electron chi connectivity index (χ2n) is 12.1. The highest BCUT2D eigenvalue weighted by Gasteiger charge is 2.41. The average molecular weight is 500 g/mol. The SMILES string of the molecule is Cc1ccc(CC(=O)[C@H](CCC(=O)O)Cc2noc(C3CC(CC(C)(C)C)C3)c2C2CC2)c(Cl)c1. The van der Waals surface area contributed by atoms with Crippen molar-refractivity contribution < 1.29 is 19.2 Å². The lowest BCUT2D eigenvalue weighted by molar-refractivity contribution is -0.137.